The Morgan fingerprint density at radius 1 is 1.26 bits per heavy atom. The molecule has 0 radical (unpaired) electrons. The number of pyridine rings is 1. The third-order valence-corrected chi connectivity index (χ3v) is 5.62. The number of nitrogens with two attached hydrogens (primary N) is 1. The Bertz CT molecular complexity index is 798. The molecule has 3 aromatic rings. The molecule has 1 fully saturated rings. The van der Waals surface area contributed by atoms with Crippen LogP contribution in [0.5, 0.6) is 0 Å². The number of piperidine rings is 1. The van der Waals surface area contributed by atoms with Crippen molar-refractivity contribution in [3.63, 3.8) is 0 Å². The number of rotatable bonds is 3. The highest BCUT2D eigenvalue weighted by atomic mass is 32.1. The van der Waals surface area contributed by atoms with Crippen LogP contribution in [0.15, 0.2) is 35.8 Å². The van der Waals surface area contributed by atoms with Gasteiger partial charge in [-0.2, -0.15) is 0 Å². The van der Waals surface area contributed by atoms with E-state index in [9.17, 15) is 0 Å². The lowest BCUT2D eigenvalue weighted by molar-refractivity contribution is 0.183. The summed E-state index contributed by atoms with van der Waals surface area (Å²) >= 11 is 1.75. The predicted octanol–water partition coefficient (Wildman–Crippen LogP) is 3.88. The van der Waals surface area contributed by atoms with Crippen LogP contribution in [-0.4, -0.2) is 27.4 Å². The monoisotopic (exact) mass is 326 g/mol. The molecule has 4 nitrogen and oxygen atoms in total. The van der Waals surface area contributed by atoms with Crippen LogP contribution < -0.4 is 5.73 Å². The van der Waals surface area contributed by atoms with Crippen molar-refractivity contribution in [2.45, 2.75) is 26.3 Å². The number of nitrogens with zero attached hydrogens (tertiary/aromatic N) is 3. The second-order valence-electron chi connectivity index (χ2n) is 6.53. The third kappa shape index (κ3) is 2.86. The van der Waals surface area contributed by atoms with Gasteiger partial charge in [-0.15, -0.1) is 11.3 Å². The zero-order valence-corrected chi connectivity index (χ0v) is 14.2. The lowest BCUT2D eigenvalue weighted by Crippen LogP contribution is -2.32. The second-order valence-corrected chi connectivity index (χ2v) is 7.48. The summed E-state index contributed by atoms with van der Waals surface area (Å²) in [7, 11) is 0. The standard InChI is InChI=1S/C18H22N4S/c1-13-6-8-21(9-7-13)12-15-18(16-3-2-10-23-16)20-17-5-4-14(19)11-22(15)17/h2-5,10-11,13H,6-9,12,19H2,1H3. The number of hydrogen-bond acceptors (Lipinski definition) is 4. The minimum Gasteiger partial charge on any atom is -0.398 e. The lowest BCUT2D eigenvalue weighted by Gasteiger charge is -2.30. The molecule has 0 saturated carbocycles. The van der Waals surface area contributed by atoms with Crippen molar-refractivity contribution in [1.82, 2.24) is 14.3 Å². The second kappa shape index (κ2) is 5.98. The fraction of sp³-hybridized carbons (Fsp3) is 0.389. The molecule has 4 heterocycles. The van der Waals surface area contributed by atoms with Crippen molar-refractivity contribution in [3.8, 4) is 10.6 Å². The smallest absolute Gasteiger partial charge is 0.137 e. The van der Waals surface area contributed by atoms with Crippen LogP contribution >= 0.6 is 11.3 Å². The van der Waals surface area contributed by atoms with Crippen molar-refractivity contribution < 1.29 is 0 Å². The third-order valence-electron chi connectivity index (χ3n) is 4.74. The van der Waals surface area contributed by atoms with Gasteiger partial charge in [-0.1, -0.05) is 13.0 Å². The maximum absolute atomic E-state index is 6.01. The van der Waals surface area contributed by atoms with Crippen LogP contribution in [0.25, 0.3) is 16.2 Å². The summed E-state index contributed by atoms with van der Waals surface area (Å²) in [5, 5.41) is 2.11. The number of fused-ring (bicyclic) bond motifs is 1. The van der Waals surface area contributed by atoms with Gasteiger partial charge >= 0.3 is 0 Å². The Morgan fingerprint density at radius 3 is 2.83 bits per heavy atom. The molecule has 4 rings (SSSR count). The summed E-state index contributed by atoms with van der Waals surface area (Å²) in [6.07, 6.45) is 4.57. The molecule has 5 heteroatoms. The normalized spacial score (nSPS) is 17.1. The Hall–Kier alpha value is -1.85. The SMILES string of the molecule is CC1CCN(Cc2c(-c3cccs3)nc3ccc(N)cn23)CC1. The minimum absolute atomic E-state index is 0.779. The Balaban J connectivity index is 1.76. The van der Waals surface area contributed by atoms with Gasteiger partial charge in [0.25, 0.3) is 0 Å². The van der Waals surface area contributed by atoms with E-state index in [4.69, 9.17) is 10.7 Å². The Kier molecular flexibility index (Phi) is 3.83. The number of imidazole rings is 1. The average molecular weight is 326 g/mol. The van der Waals surface area contributed by atoms with Gasteiger partial charge in [0.1, 0.15) is 11.3 Å². The van der Waals surface area contributed by atoms with E-state index < -0.39 is 0 Å². The average Bonchev–Trinajstić information content (AvgIpc) is 3.18. The van der Waals surface area contributed by atoms with E-state index in [2.05, 4.69) is 33.7 Å². The molecule has 0 amide bonds. The van der Waals surface area contributed by atoms with Gasteiger partial charge in [0, 0.05) is 18.4 Å². The molecular formula is C18H22N4S. The summed E-state index contributed by atoms with van der Waals surface area (Å²) in [5.74, 6) is 0.848. The minimum atomic E-state index is 0.779. The van der Waals surface area contributed by atoms with Crippen LogP contribution in [0.3, 0.4) is 0 Å². The number of likely N-dealkylation sites (tertiary alicyclic amines) is 1. The number of nitrogen functional groups attached to an aromatic ring is 1. The van der Waals surface area contributed by atoms with Crippen molar-refractivity contribution in [2.24, 2.45) is 5.92 Å². The zero-order chi connectivity index (χ0) is 15.8. The maximum atomic E-state index is 6.01. The molecule has 120 valence electrons. The molecule has 0 atom stereocenters. The van der Waals surface area contributed by atoms with E-state index in [-0.39, 0.29) is 0 Å². The first-order valence-corrected chi connectivity index (χ1v) is 9.11. The maximum Gasteiger partial charge on any atom is 0.137 e. The van der Waals surface area contributed by atoms with Gasteiger partial charge in [-0.3, -0.25) is 9.30 Å². The predicted molar refractivity (Wildman–Crippen MR) is 96.6 cm³/mol. The van der Waals surface area contributed by atoms with E-state index in [1.165, 1.54) is 36.5 Å². The molecule has 3 aromatic heterocycles. The molecule has 0 aromatic carbocycles. The summed E-state index contributed by atoms with van der Waals surface area (Å²) < 4.78 is 2.17. The highest BCUT2D eigenvalue weighted by Gasteiger charge is 2.21. The molecule has 0 bridgehead atoms. The highest BCUT2D eigenvalue weighted by Crippen LogP contribution is 2.30. The topological polar surface area (TPSA) is 46.6 Å². The van der Waals surface area contributed by atoms with E-state index in [0.29, 0.717) is 0 Å². The van der Waals surface area contributed by atoms with Gasteiger partial charge in [0.05, 0.1) is 10.6 Å². The highest BCUT2D eigenvalue weighted by molar-refractivity contribution is 7.13. The zero-order valence-electron chi connectivity index (χ0n) is 13.4. The van der Waals surface area contributed by atoms with Gasteiger partial charge in [0.15, 0.2) is 0 Å². The van der Waals surface area contributed by atoms with Crippen LogP contribution in [0.2, 0.25) is 0 Å². The quantitative estimate of drug-likeness (QED) is 0.794. The molecule has 1 aliphatic heterocycles. The molecule has 23 heavy (non-hydrogen) atoms. The molecule has 0 aliphatic carbocycles. The van der Waals surface area contributed by atoms with E-state index in [1.807, 2.05) is 18.3 Å². The summed E-state index contributed by atoms with van der Waals surface area (Å²) in [4.78, 5) is 8.64. The Morgan fingerprint density at radius 2 is 2.09 bits per heavy atom. The summed E-state index contributed by atoms with van der Waals surface area (Å²) in [5.41, 5.74) is 10.1. The largest absolute Gasteiger partial charge is 0.398 e. The van der Waals surface area contributed by atoms with Crippen LogP contribution in [0.4, 0.5) is 5.69 Å². The number of hydrogen-bond donors (Lipinski definition) is 1. The van der Waals surface area contributed by atoms with E-state index >= 15 is 0 Å². The first-order valence-electron chi connectivity index (χ1n) is 8.23. The number of anilines is 1. The first-order chi connectivity index (χ1) is 11.2. The van der Waals surface area contributed by atoms with Crippen molar-refractivity contribution in [2.75, 3.05) is 18.8 Å². The first kappa shape index (κ1) is 14.7. The Labute approximate surface area is 140 Å². The van der Waals surface area contributed by atoms with Gasteiger partial charge < -0.3 is 5.73 Å². The molecule has 0 unspecified atom stereocenters. The van der Waals surface area contributed by atoms with Crippen molar-refractivity contribution in [3.05, 3.63) is 41.5 Å². The fourth-order valence-electron chi connectivity index (χ4n) is 3.30. The number of aromatic nitrogens is 2. The molecule has 1 aliphatic rings. The molecule has 1 saturated heterocycles. The van der Waals surface area contributed by atoms with Crippen LogP contribution in [0.1, 0.15) is 25.5 Å². The number of thiophene rings is 1. The summed E-state index contributed by atoms with van der Waals surface area (Å²) in [6.45, 7) is 5.62. The van der Waals surface area contributed by atoms with E-state index in [1.54, 1.807) is 11.3 Å². The van der Waals surface area contributed by atoms with Gasteiger partial charge in [-0.25, -0.2) is 4.98 Å². The molecule has 2 N–H and O–H groups in total. The lowest BCUT2D eigenvalue weighted by atomic mass is 9.99. The molecule has 0 spiro atoms. The molecular weight excluding hydrogens is 304 g/mol. The summed E-state index contributed by atoms with van der Waals surface area (Å²) in [6, 6.07) is 8.17. The van der Waals surface area contributed by atoms with Crippen LogP contribution in [0, 0.1) is 5.92 Å². The van der Waals surface area contributed by atoms with Gasteiger partial charge in [0.2, 0.25) is 0 Å². The van der Waals surface area contributed by atoms with Crippen molar-refractivity contribution >= 4 is 22.7 Å². The van der Waals surface area contributed by atoms with E-state index in [0.717, 1.165) is 29.5 Å². The van der Waals surface area contributed by atoms with Crippen molar-refractivity contribution in [1.29, 1.82) is 0 Å². The fourth-order valence-corrected chi connectivity index (χ4v) is 4.04. The van der Waals surface area contributed by atoms with Crippen LogP contribution in [-0.2, 0) is 6.54 Å². The van der Waals surface area contributed by atoms with Gasteiger partial charge in [-0.05, 0) is 55.4 Å².